The molecule has 2 aromatic carbocycles. The monoisotopic (exact) mass is 239 g/mol. The molecule has 0 bridgehead atoms. The Labute approximate surface area is 105 Å². The number of oxazole rings is 1. The second-order valence-corrected chi connectivity index (χ2v) is 4.12. The van der Waals surface area contributed by atoms with Crippen molar-refractivity contribution in [3.63, 3.8) is 0 Å². The van der Waals surface area contributed by atoms with Gasteiger partial charge in [0.15, 0.2) is 5.58 Å². The minimum absolute atomic E-state index is 0.112. The van der Waals surface area contributed by atoms with Crippen LogP contribution in [0.1, 0.15) is 5.56 Å². The highest BCUT2D eigenvalue weighted by molar-refractivity contribution is 5.79. The van der Waals surface area contributed by atoms with E-state index in [0.29, 0.717) is 12.3 Å². The van der Waals surface area contributed by atoms with Crippen LogP contribution in [0.3, 0.4) is 0 Å². The average Bonchev–Trinajstić information content (AvgIpc) is 2.85. The van der Waals surface area contributed by atoms with Crippen molar-refractivity contribution >= 4 is 11.1 Å². The van der Waals surface area contributed by atoms with Gasteiger partial charge in [0.1, 0.15) is 5.52 Å². The first-order chi connectivity index (χ1) is 8.88. The third kappa shape index (κ3) is 1.89. The number of aliphatic hydroxyl groups excluding tert-OH is 1. The van der Waals surface area contributed by atoms with Gasteiger partial charge in [-0.15, -0.1) is 0 Å². The van der Waals surface area contributed by atoms with Crippen LogP contribution in [-0.4, -0.2) is 16.7 Å². The SMILES string of the molecule is OCCc1cccc2nc(-c3ccccc3)oc12. The average molecular weight is 239 g/mol. The highest BCUT2D eigenvalue weighted by Gasteiger charge is 2.10. The summed E-state index contributed by atoms with van der Waals surface area (Å²) in [6.45, 7) is 0.112. The van der Waals surface area contributed by atoms with Crippen molar-refractivity contribution in [3.05, 3.63) is 54.1 Å². The number of benzene rings is 2. The molecule has 1 N–H and O–H groups in total. The van der Waals surface area contributed by atoms with Crippen LogP contribution in [0.2, 0.25) is 0 Å². The third-order valence-electron chi connectivity index (χ3n) is 2.90. The zero-order valence-corrected chi connectivity index (χ0v) is 9.84. The lowest BCUT2D eigenvalue weighted by Gasteiger charge is -1.97. The summed E-state index contributed by atoms with van der Waals surface area (Å²) in [4.78, 5) is 4.48. The Hall–Kier alpha value is -2.13. The molecule has 0 unspecified atom stereocenters. The fraction of sp³-hybridized carbons (Fsp3) is 0.133. The summed E-state index contributed by atoms with van der Waals surface area (Å²) in [6.07, 6.45) is 0.584. The maximum atomic E-state index is 9.04. The van der Waals surface area contributed by atoms with Gasteiger partial charge in [-0.25, -0.2) is 4.98 Å². The number of hydrogen-bond donors (Lipinski definition) is 1. The van der Waals surface area contributed by atoms with Gasteiger partial charge in [-0.1, -0.05) is 30.3 Å². The van der Waals surface area contributed by atoms with Crippen LogP contribution in [0, 0.1) is 0 Å². The van der Waals surface area contributed by atoms with Gasteiger partial charge in [-0.2, -0.15) is 0 Å². The van der Waals surface area contributed by atoms with Crippen molar-refractivity contribution in [2.75, 3.05) is 6.61 Å². The van der Waals surface area contributed by atoms with E-state index in [1.54, 1.807) is 0 Å². The Morgan fingerprint density at radius 3 is 2.61 bits per heavy atom. The number of para-hydroxylation sites is 1. The van der Waals surface area contributed by atoms with Crippen LogP contribution in [-0.2, 0) is 6.42 Å². The number of nitrogens with zero attached hydrogens (tertiary/aromatic N) is 1. The van der Waals surface area contributed by atoms with Crippen molar-refractivity contribution in [1.82, 2.24) is 4.98 Å². The molecule has 1 heterocycles. The van der Waals surface area contributed by atoms with E-state index in [-0.39, 0.29) is 6.61 Å². The fourth-order valence-corrected chi connectivity index (χ4v) is 2.03. The van der Waals surface area contributed by atoms with Crippen molar-refractivity contribution in [3.8, 4) is 11.5 Å². The topological polar surface area (TPSA) is 46.3 Å². The molecule has 1 aromatic heterocycles. The first-order valence-corrected chi connectivity index (χ1v) is 5.93. The van der Waals surface area contributed by atoms with Gasteiger partial charge in [-0.05, 0) is 30.2 Å². The number of aromatic nitrogens is 1. The highest BCUT2D eigenvalue weighted by atomic mass is 16.3. The van der Waals surface area contributed by atoms with Crippen molar-refractivity contribution < 1.29 is 9.52 Å². The summed E-state index contributed by atoms with van der Waals surface area (Å²) in [6, 6.07) is 15.6. The Balaban J connectivity index is 2.14. The number of aliphatic hydroxyl groups is 1. The molecule has 3 heteroatoms. The molecule has 3 aromatic rings. The molecule has 3 rings (SSSR count). The minimum atomic E-state index is 0.112. The molecule has 0 radical (unpaired) electrons. The van der Waals surface area contributed by atoms with E-state index in [2.05, 4.69) is 4.98 Å². The predicted molar refractivity (Wildman–Crippen MR) is 70.2 cm³/mol. The van der Waals surface area contributed by atoms with Gasteiger partial charge in [0.2, 0.25) is 5.89 Å². The lowest BCUT2D eigenvalue weighted by Crippen LogP contribution is -1.90. The normalized spacial score (nSPS) is 10.9. The number of rotatable bonds is 3. The number of fused-ring (bicyclic) bond motifs is 1. The summed E-state index contributed by atoms with van der Waals surface area (Å²) < 4.78 is 5.82. The van der Waals surface area contributed by atoms with E-state index >= 15 is 0 Å². The zero-order valence-electron chi connectivity index (χ0n) is 9.84. The van der Waals surface area contributed by atoms with Crippen LogP contribution >= 0.6 is 0 Å². The molecule has 0 aliphatic carbocycles. The Kier molecular flexibility index (Phi) is 2.82. The minimum Gasteiger partial charge on any atom is -0.436 e. The predicted octanol–water partition coefficient (Wildman–Crippen LogP) is 3.03. The largest absolute Gasteiger partial charge is 0.436 e. The molecule has 90 valence electrons. The second kappa shape index (κ2) is 4.63. The van der Waals surface area contributed by atoms with Gasteiger partial charge in [0.05, 0.1) is 0 Å². The van der Waals surface area contributed by atoms with Crippen LogP contribution in [0.25, 0.3) is 22.6 Å². The Morgan fingerprint density at radius 1 is 1.00 bits per heavy atom. The quantitative estimate of drug-likeness (QED) is 0.764. The Morgan fingerprint density at radius 2 is 1.83 bits per heavy atom. The van der Waals surface area contributed by atoms with Gasteiger partial charge < -0.3 is 9.52 Å². The van der Waals surface area contributed by atoms with Crippen LogP contribution < -0.4 is 0 Å². The summed E-state index contributed by atoms with van der Waals surface area (Å²) >= 11 is 0. The second-order valence-electron chi connectivity index (χ2n) is 4.12. The van der Waals surface area contributed by atoms with Gasteiger partial charge in [-0.3, -0.25) is 0 Å². The van der Waals surface area contributed by atoms with Crippen LogP contribution in [0.15, 0.2) is 52.9 Å². The molecule has 0 fully saturated rings. The lowest BCUT2D eigenvalue weighted by atomic mass is 10.1. The fourth-order valence-electron chi connectivity index (χ4n) is 2.03. The van der Waals surface area contributed by atoms with Gasteiger partial charge >= 0.3 is 0 Å². The zero-order chi connectivity index (χ0) is 12.4. The van der Waals surface area contributed by atoms with Crippen molar-refractivity contribution in [1.29, 1.82) is 0 Å². The van der Waals surface area contributed by atoms with E-state index < -0.39 is 0 Å². The molecule has 0 atom stereocenters. The highest BCUT2D eigenvalue weighted by Crippen LogP contribution is 2.26. The standard InChI is InChI=1S/C15H13NO2/c17-10-9-11-7-4-8-13-14(11)18-15(16-13)12-5-2-1-3-6-12/h1-8,17H,9-10H2. The summed E-state index contributed by atoms with van der Waals surface area (Å²) in [7, 11) is 0. The van der Waals surface area contributed by atoms with E-state index in [9.17, 15) is 0 Å². The molecule has 0 saturated heterocycles. The molecule has 0 amide bonds. The molecule has 0 saturated carbocycles. The maximum Gasteiger partial charge on any atom is 0.227 e. The van der Waals surface area contributed by atoms with Crippen molar-refractivity contribution in [2.24, 2.45) is 0 Å². The summed E-state index contributed by atoms with van der Waals surface area (Å²) in [5.74, 6) is 0.621. The lowest BCUT2D eigenvalue weighted by molar-refractivity contribution is 0.299. The maximum absolute atomic E-state index is 9.04. The third-order valence-corrected chi connectivity index (χ3v) is 2.90. The van der Waals surface area contributed by atoms with Gasteiger partial charge in [0.25, 0.3) is 0 Å². The molecule has 0 aliphatic rings. The van der Waals surface area contributed by atoms with E-state index in [0.717, 1.165) is 22.2 Å². The molecule has 3 nitrogen and oxygen atoms in total. The Bertz CT molecular complexity index is 659. The van der Waals surface area contributed by atoms with Crippen LogP contribution in [0.5, 0.6) is 0 Å². The number of hydrogen-bond acceptors (Lipinski definition) is 3. The van der Waals surface area contributed by atoms with E-state index in [1.165, 1.54) is 0 Å². The molecular weight excluding hydrogens is 226 g/mol. The molecule has 0 aliphatic heterocycles. The summed E-state index contributed by atoms with van der Waals surface area (Å²) in [5.41, 5.74) is 3.55. The first-order valence-electron chi connectivity index (χ1n) is 5.93. The van der Waals surface area contributed by atoms with E-state index in [4.69, 9.17) is 9.52 Å². The smallest absolute Gasteiger partial charge is 0.227 e. The molecule has 0 spiro atoms. The van der Waals surface area contributed by atoms with Crippen molar-refractivity contribution in [2.45, 2.75) is 6.42 Å². The molecular formula is C15H13NO2. The molecule has 18 heavy (non-hydrogen) atoms. The first kappa shape index (κ1) is 11.0. The summed E-state index contributed by atoms with van der Waals surface area (Å²) in [5, 5.41) is 9.04. The van der Waals surface area contributed by atoms with Crippen LogP contribution in [0.4, 0.5) is 0 Å². The van der Waals surface area contributed by atoms with E-state index in [1.807, 2.05) is 48.5 Å². The van der Waals surface area contributed by atoms with Gasteiger partial charge in [0, 0.05) is 12.2 Å².